The number of rotatable bonds is 5. The van der Waals surface area contributed by atoms with Gasteiger partial charge < -0.3 is 9.53 Å². The lowest BCUT2D eigenvalue weighted by Crippen LogP contribution is -2.36. The molecule has 19 heavy (non-hydrogen) atoms. The van der Waals surface area contributed by atoms with Crippen LogP contribution in [0.5, 0.6) is 0 Å². The van der Waals surface area contributed by atoms with Gasteiger partial charge in [0.05, 0.1) is 0 Å². The van der Waals surface area contributed by atoms with Crippen LogP contribution >= 0.6 is 0 Å². The summed E-state index contributed by atoms with van der Waals surface area (Å²) < 4.78 is 4.89. The van der Waals surface area contributed by atoms with Crippen LogP contribution < -0.4 is 0 Å². The van der Waals surface area contributed by atoms with Crippen LogP contribution in [-0.2, 0) is 25.5 Å². The van der Waals surface area contributed by atoms with Gasteiger partial charge in [-0.1, -0.05) is 30.3 Å². The Morgan fingerprint density at radius 3 is 2.47 bits per heavy atom. The van der Waals surface area contributed by atoms with Crippen LogP contribution in [0.2, 0.25) is 0 Å². The second kappa shape index (κ2) is 5.34. The second-order valence-electron chi connectivity index (χ2n) is 4.95. The molecule has 0 saturated carbocycles. The molecule has 0 radical (unpaired) electrons. The first kappa shape index (κ1) is 13.5. The fraction of sp³-hybridized carbons (Fsp3) is 0.400. The third-order valence-corrected chi connectivity index (χ3v) is 3.51. The Morgan fingerprint density at radius 2 is 1.95 bits per heavy atom. The Morgan fingerprint density at radius 1 is 1.26 bits per heavy atom. The van der Waals surface area contributed by atoms with Crippen molar-refractivity contribution in [1.29, 1.82) is 0 Å². The summed E-state index contributed by atoms with van der Waals surface area (Å²) in [7, 11) is 0. The van der Waals surface area contributed by atoms with E-state index in [2.05, 4.69) is 0 Å². The number of cyclic esters (lactones) is 1. The van der Waals surface area contributed by atoms with Gasteiger partial charge in [0.1, 0.15) is 11.2 Å². The minimum absolute atomic E-state index is 0.0278. The van der Waals surface area contributed by atoms with E-state index in [1.54, 1.807) is 0 Å². The lowest BCUT2D eigenvalue weighted by Gasteiger charge is -2.22. The quantitative estimate of drug-likeness (QED) is 0.597. The van der Waals surface area contributed by atoms with Crippen LogP contribution in [0, 0.1) is 5.41 Å². The molecule has 0 bridgehead atoms. The highest BCUT2D eigenvalue weighted by atomic mass is 16.5. The van der Waals surface area contributed by atoms with Gasteiger partial charge >= 0.3 is 5.97 Å². The maximum atomic E-state index is 12.1. The van der Waals surface area contributed by atoms with Gasteiger partial charge in [0.25, 0.3) is 0 Å². The second-order valence-corrected chi connectivity index (χ2v) is 4.95. The van der Waals surface area contributed by atoms with Crippen LogP contribution in [0.25, 0.3) is 0 Å². The summed E-state index contributed by atoms with van der Waals surface area (Å²) in [5, 5.41) is 0. The van der Waals surface area contributed by atoms with Crippen LogP contribution in [0.3, 0.4) is 0 Å². The third-order valence-electron chi connectivity index (χ3n) is 3.51. The Balaban J connectivity index is 2.26. The summed E-state index contributed by atoms with van der Waals surface area (Å²) in [6.45, 7) is 1.28. The average molecular weight is 260 g/mol. The maximum absolute atomic E-state index is 12.1. The van der Waals surface area contributed by atoms with Crippen molar-refractivity contribution in [2.45, 2.75) is 26.2 Å². The van der Waals surface area contributed by atoms with E-state index >= 15 is 0 Å². The van der Waals surface area contributed by atoms with Gasteiger partial charge in [-0.15, -0.1) is 0 Å². The summed E-state index contributed by atoms with van der Waals surface area (Å²) in [4.78, 5) is 35.2. The van der Waals surface area contributed by atoms with Crippen molar-refractivity contribution in [2.24, 2.45) is 5.41 Å². The number of carbonyl (C=O) groups excluding carboxylic acids is 3. The molecule has 1 heterocycles. The maximum Gasteiger partial charge on any atom is 0.320 e. The first-order chi connectivity index (χ1) is 9.04. The zero-order valence-electron chi connectivity index (χ0n) is 10.8. The Bertz CT molecular complexity index is 488. The fourth-order valence-corrected chi connectivity index (χ4v) is 2.36. The van der Waals surface area contributed by atoms with Crippen molar-refractivity contribution in [2.75, 3.05) is 6.61 Å². The summed E-state index contributed by atoms with van der Waals surface area (Å²) in [5.74, 6) is -0.745. The normalized spacial score (nSPS) is 22.4. The van der Waals surface area contributed by atoms with Crippen molar-refractivity contribution >= 4 is 17.5 Å². The number of carbonyl (C=O) groups is 3. The van der Waals surface area contributed by atoms with E-state index in [0.717, 1.165) is 5.56 Å². The number of hydrogen-bond acceptors (Lipinski definition) is 4. The Labute approximate surface area is 111 Å². The average Bonchev–Trinajstić information content (AvgIpc) is 2.66. The molecule has 1 aromatic rings. The molecule has 1 aromatic carbocycles. The molecule has 0 spiro atoms. The van der Waals surface area contributed by atoms with Crippen molar-refractivity contribution in [1.82, 2.24) is 0 Å². The molecular weight excluding hydrogens is 244 g/mol. The molecule has 0 aliphatic carbocycles. The van der Waals surface area contributed by atoms with Crippen LogP contribution in [0.1, 0.15) is 25.3 Å². The standard InChI is InChI=1S/C15H16O4/c1-11(16)7-8-15(13(17)10-19-14(15)18)9-12-5-3-2-4-6-12/h2-6H,7-10H2,1H3/t15-/m0/s1. The molecule has 1 saturated heterocycles. The number of benzene rings is 1. The van der Waals surface area contributed by atoms with E-state index in [0.29, 0.717) is 6.42 Å². The molecule has 0 N–H and O–H groups in total. The Hall–Kier alpha value is -1.97. The van der Waals surface area contributed by atoms with Gasteiger partial charge in [0.15, 0.2) is 12.4 Å². The molecule has 2 rings (SSSR count). The van der Waals surface area contributed by atoms with Crippen LogP contribution in [0.4, 0.5) is 0 Å². The third kappa shape index (κ3) is 2.72. The van der Waals surface area contributed by atoms with Crippen molar-refractivity contribution in [3.63, 3.8) is 0 Å². The summed E-state index contributed by atoms with van der Waals surface area (Å²) in [5.41, 5.74) is -0.272. The predicted octanol–water partition coefficient (Wildman–Crippen LogP) is 1.71. The molecule has 0 aromatic heterocycles. The van der Waals surface area contributed by atoms with Crippen molar-refractivity contribution in [3.05, 3.63) is 35.9 Å². The van der Waals surface area contributed by atoms with Crippen LogP contribution in [-0.4, -0.2) is 24.1 Å². The molecule has 0 unspecified atom stereocenters. The van der Waals surface area contributed by atoms with Gasteiger partial charge in [-0.25, -0.2) is 0 Å². The smallest absolute Gasteiger partial charge is 0.320 e. The van der Waals surface area contributed by atoms with Gasteiger partial charge in [0, 0.05) is 6.42 Å². The highest BCUT2D eigenvalue weighted by Gasteiger charge is 2.51. The minimum Gasteiger partial charge on any atom is -0.457 e. The zero-order valence-corrected chi connectivity index (χ0v) is 10.8. The molecule has 1 aliphatic heterocycles. The monoisotopic (exact) mass is 260 g/mol. The number of esters is 1. The molecule has 100 valence electrons. The zero-order chi connectivity index (χ0) is 13.9. The van der Waals surface area contributed by atoms with E-state index < -0.39 is 11.4 Å². The lowest BCUT2D eigenvalue weighted by atomic mass is 9.75. The predicted molar refractivity (Wildman–Crippen MR) is 68.5 cm³/mol. The molecule has 4 nitrogen and oxygen atoms in total. The van der Waals surface area contributed by atoms with E-state index in [4.69, 9.17) is 4.74 Å². The summed E-state index contributed by atoms with van der Waals surface area (Å²) in [6.07, 6.45) is 0.751. The van der Waals surface area contributed by atoms with Gasteiger partial charge in [0.2, 0.25) is 0 Å². The first-order valence-electron chi connectivity index (χ1n) is 6.28. The van der Waals surface area contributed by atoms with E-state index in [1.165, 1.54) is 6.92 Å². The molecule has 4 heteroatoms. The fourth-order valence-electron chi connectivity index (χ4n) is 2.36. The number of Topliss-reactive ketones (excluding diaryl/α,β-unsaturated/α-hetero) is 2. The van der Waals surface area contributed by atoms with Crippen molar-refractivity contribution < 1.29 is 19.1 Å². The van der Waals surface area contributed by atoms with Crippen molar-refractivity contribution in [3.8, 4) is 0 Å². The van der Waals surface area contributed by atoms with E-state index in [1.807, 2.05) is 30.3 Å². The SMILES string of the molecule is CC(=O)CC[C@]1(Cc2ccccc2)C(=O)COC1=O. The van der Waals surface area contributed by atoms with Gasteiger partial charge in [-0.2, -0.15) is 0 Å². The van der Waals surface area contributed by atoms with Gasteiger partial charge in [-0.3, -0.25) is 9.59 Å². The number of ether oxygens (including phenoxy) is 1. The first-order valence-corrected chi connectivity index (χ1v) is 6.28. The number of ketones is 2. The minimum atomic E-state index is -1.17. The lowest BCUT2D eigenvalue weighted by molar-refractivity contribution is -0.147. The molecular formula is C15H16O4. The summed E-state index contributed by atoms with van der Waals surface area (Å²) >= 11 is 0. The number of hydrogen-bond donors (Lipinski definition) is 0. The molecule has 1 fully saturated rings. The van der Waals surface area contributed by atoms with E-state index in [9.17, 15) is 14.4 Å². The topological polar surface area (TPSA) is 60.4 Å². The van der Waals surface area contributed by atoms with Gasteiger partial charge in [-0.05, 0) is 25.3 Å². The molecule has 1 atom stereocenters. The largest absolute Gasteiger partial charge is 0.457 e. The molecule has 0 amide bonds. The van der Waals surface area contributed by atoms with Crippen LogP contribution in [0.15, 0.2) is 30.3 Å². The van der Waals surface area contributed by atoms with E-state index in [-0.39, 0.29) is 31.0 Å². The highest BCUT2D eigenvalue weighted by Crippen LogP contribution is 2.36. The summed E-state index contributed by atoms with van der Waals surface area (Å²) in [6, 6.07) is 9.33. The Kier molecular flexibility index (Phi) is 3.79. The molecule has 1 aliphatic rings. The highest BCUT2D eigenvalue weighted by molar-refractivity contribution is 6.09.